The lowest BCUT2D eigenvalue weighted by Crippen LogP contribution is -2.07. The summed E-state index contributed by atoms with van der Waals surface area (Å²) < 4.78 is 93.7. The third kappa shape index (κ3) is 4.35. The largest absolute Gasteiger partial charge is 0.455 e. The van der Waals surface area contributed by atoms with Crippen molar-refractivity contribution in [2.75, 3.05) is 0 Å². The second-order valence-electron chi connectivity index (χ2n) is 12.2. The topological polar surface area (TPSA) is 13.1 Å². The van der Waals surface area contributed by atoms with E-state index < -0.39 is 23.5 Å². The number of rotatable bonds is 2. The number of para-hydroxylation sites is 1. The Morgan fingerprint density at radius 2 is 0.776 bits per heavy atom. The first kappa shape index (κ1) is 29.3. The van der Waals surface area contributed by atoms with Crippen molar-refractivity contribution in [2.45, 2.75) is 12.4 Å². The Labute approximate surface area is 274 Å². The molecule has 1 heterocycles. The Morgan fingerprint density at radius 1 is 0.367 bits per heavy atom. The zero-order valence-corrected chi connectivity index (χ0v) is 25.4. The van der Waals surface area contributed by atoms with Gasteiger partial charge >= 0.3 is 12.4 Å². The third-order valence-corrected chi connectivity index (χ3v) is 9.49. The minimum absolute atomic E-state index is 0.0974. The van der Waals surface area contributed by atoms with Gasteiger partial charge in [0.05, 0.1) is 11.1 Å². The van der Waals surface area contributed by atoms with E-state index in [2.05, 4.69) is 0 Å². The van der Waals surface area contributed by atoms with E-state index >= 15 is 0 Å². The molecule has 0 spiro atoms. The van der Waals surface area contributed by atoms with Crippen LogP contribution in [0, 0.1) is 0 Å². The van der Waals surface area contributed by atoms with Crippen molar-refractivity contribution in [1.82, 2.24) is 0 Å². The van der Waals surface area contributed by atoms with Gasteiger partial charge < -0.3 is 4.42 Å². The monoisotopic (exact) mass is 656 g/mol. The first-order valence-corrected chi connectivity index (χ1v) is 15.6. The molecule has 7 heteroatoms. The maximum Gasteiger partial charge on any atom is 0.417 e. The third-order valence-electron chi connectivity index (χ3n) is 9.49. The zero-order chi connectivity index (χ0) is 33.7. The van der Waals surface area contributed by atoms with E-state index in [4.69, 9.17) is 4.42 Å². The molecule has 1 nitrogen and oxygen atoms in total. The predicted molar refractivity (Wildman–Crippen MR) is 185 cm³/mol. The van der Waals surface area contributed by atoms with Crippen LogP contribution < -0.4 is 0 Å². The molecule has 0 bridgehead atoms. The average molecular weight is 657 g/mol. The standard InChI is InChI=1S/C42H22F6O/c43-41(44,45)38-29-14-5-1-10-25(29)36(26-11-2-6-15-30(26)38)23-20-21-24-33-18-9-19-34(40(33)49-35(24)22-23)37-27-12-3-7-16-31(27)39(42(46,47)48)32-17-8-4-13-28(32)37/h1-22H. The molecule has 0 aliphatic heterocycles. The summed E-state index contributed by atoms with van der Waals surface area (Å²) in [5.74, 6) is 0. The number of furan rings is 1. The Bertz CT molecular complexity index is 2690. The minimum atomic E-state index is -4.58. The molecule has 8 aromatic carbocycles. The Hall–Kier alpha value is -5.82. The molecule has 0 saturated heterocycles. The number of hydrogen-bond acceptors (Lipinski definition) is 1. The van der Waals surface area contributed by atoms with Crippen LogP contribution in [0.15, 0.2) is 138 Å². The zero-order valence-electron chi connectivity index (χ0n) is 25.4. The van der Waals surface area contributed by atoms with Crippen LogP contribution in [0.4, 0.5) is 26.3 Å². The Balaban J connectivity index is 1.34. The van der Waals surface area contributed by atoms with E-state index in [0.717, 1.165) is 10.8 Å². The summed E-state index contributed by atoms with van der Waals surface area (Å²) in [6.45, 7) is 0. The molecule has 0 radical (unpaired) electrons. The highest BCUT2D eigenvalue weighted by atomic mass is 19.4. The van der Waals surface area contributed by atoms with Crippen LogP contribution in [0.25, 0.3) is 87.3 Å². The summed E-state index contributed by atoms with van der Waals surface area (Å²) in [5.41, 5.74) is 2.26. The maximum atomic E-state index is 14.6. The second kappa shape index (κ2) is 10.3. The van der Waals surface area contributed by atoms with Crippen molar-refractivity contribution < 1.29 is 30.8 Å². The van der Waals surface area contributed by atoms with Gasteiger partial charge in [-0.05, 0) is 66.3 Å². The molecule has 0 aliphatic rings. The molecular formula is C42H22F6O. The van der Waals surface area contributed by atoms with Gasteiger partial charge in [-0.15, -0.1) is 0 Å². The Kier molecular flexibility index (Phi) is 6.19. The lowest BCUT2D eigenvalue weighted by atomic mass is 9.87. The fraction of sp³-hybridized carbons (Fsp3) is 0.0476. The molecular weight excluding hydrogens is 634 g/mol. The lowest BCUT2D eigenvalue weighted by molar-refractivity contribution is -0.135. The van der Waals surface area contributed by atoms with Crippen LogP contribution in [-0.4, -0.2) is 0 Å². The number of halogens is 6. The first-order chi connectivity index (χ1) is 23.6. The molecule has 9 aromatic rings. The number of benzene rings is 8. The Morgan fingerprint density at radius 3 is 1.22 bits per heavy atom. The van der Waals surface area contributed by atoms with Gasteiger partial charge in [-0.2, -0.15) is 26.3 Å². The number of fused-ring (bicyclic) bond motifs is 7. The van der Waals surface area contributed by atoms with Gasteiger partial charge in [-0.1, -0.05) is 121 Å². The van der Waals surface area contributed by atoms with Gasteiger partial charge in [0.15, 0.2) is 0 Å². The molecule has 0 atom stereocenters. The normalized spacial score (nSPS) is 12.7. The fourth-order valence-corrected chi connectivity index (χ4v) is 7.62. The summed E-state index contributed by atoms with van der Waals surface area (Å²) in [7, 11) is 0. The highest BCUT2D eigenvalue weighted by Crippen LogP contribution is 2.49. The molecule has 0 amide bonds. The quantitative estimate of drug-likeness (QED) is 0.133. The molecule has 1 aromatic heterocycles. The lowest BCUT2D eigenvalue weighted by Gasteiger charge is -2.18. The number of hydrogen-bond donors (Lipinski definition) is 0. The molecule has 0 N–H and O–H groups in total. The van der Waals surface area contributed by atoms with Crippen LogP contribution in [0.2, 0.25) is 0 Å². The molecule has 0 unspecified atom stereocenters. The van der Waals surface area contributed by atoms with E-state index in [1.54, 1.807) is 72.8 Å². The molecule has 0 aliphatic carbocycles. The van der Waals surface area contributed by atoms with Crippen molar-refractivity contribution in [3.05, 3.63) is 145 Å². The van der Waals surface area contributed by atoms with Gasteiger partial charge in [0.1, 0.15) is 11.2 Å². The van der Waals surface area contributed by atoms with Crippen LogP contribution in [0.5, 0.6) is 0 Å². The summed E-state index contributed by atoms with van der Waals surface area (Å²) in [6, 6.07) is 37.4. The predicted octanol–water partition coefficient (Wildman–Crippen LogP) is 13.6. The summed E-state index contributed by atoms with van der Waals surface area (Å²) in [5, 5.41) is 3.79. The van der Waals surface area contributed by atoms with E-state index in [-0.39, 0.29) is 21.5 Å². The van der Waals surface area contributed by atoms with Crippen LogP contribution >= 0.6 is 0 Å². The van der Waals surface area contributed by atoms with Crippen molar-refractivity contribution in [2.24, 2.45) is 0 Å². The second-order valence-corrected chi connectivity index (χ2v) is 12.2. The van der Waals surface area contributed by atoms with Crippen molar-refractivity contribution in [3.63, 3.8) is 0 Å². The highest BCUT2D eigenvalue weighted by Gasteiger charge is 2.37. The van der Waals surface area contributed by atoms with E-state index in [1.807, 2.05) is 36.4 Å². The molecule has 0 fully saturated rings. The van der Waals surface area contributed by atoms with Gasteiger partial charge in [-0.25, -0.2) is 0 Å². The summed E-state index contributed by atoms with van der Waals surface area (Å²) >= 11 is 0. The average Bonchev–Trinajstić information content (AvgIpc) is 3.46. The van der Waals surface area contributed by atoms with Crippen LogP contribution in [-0.2, 0) is 12.4 Å². The van der Waals surface area contributed by atoms with Crippen LogP contribution in [0.1, 0.15) is 11.1 Å². The number of alkyl halides is 6. The van der Waals surface area contributed by atoms with Gasteiger partial charge in [0, 0.05) is 21.9 Å². The summed E-state index contributed by atoms with van der Waals surface area (Å²) in [6.07, 6.45) is -9.14. The molecule has 9 rings (SSSR count). The first-order valence-electron chi connectivity index (χ1n) is 15.6. The van der Waals surface area contributed by atoms with E-state index in [9.17, 15) is 26.3 Å². The minimum Gasteiger partial charge on any atom is -0.455 e. The van der Waals surface area contributed by atoms with Gasteiger partial charge in [-0.3, -0.25) is 0 Å². The summed E-state index contributed by atoms with van der Waals surface area (Å²) in [4.78, 5) is 0. The van der Waals surface area contributed by atoms with Crippen molar-refractivity contribution >= 4 is 65.0 Å². The van der Waals surface area contributed by atoms with E-state index in [1.165, 1.54) is 24.3 Å². The smallest absolute Gasteiger partial charge is 0.417 e. The van der Waals surface area contributed by atoms with Gasteiger partial charge in [0.2, 0.25) is 0 Å². The molecule has 49 heavy (non-hydrogen) atoms. The SMILES string of the molecule is FC(F)(F)c1c2ccccc2c(-c2ccc3c(c2)oc2c(-c4c5ccccc5c(C(F)(F)F)c5ccccc45)cccc23)c2ccccc12. The van der Waals surface area contributed by atoms with Crippen LogP contribution in [0.3, 0.4) is 0 Å². The van der Waals surface area contributed by atoms with Crippen molar-refractivity contribution in [3.8, 4) is 22.3 Å². The maximum absolute atomic E-state index is 14.6. The van der Waals surface area contributed by atoms with Crippen molar-refractivity contribution in [1.29, 1.82) is 0 Å². The fourth-order valence-electron chi connectivity index (χ4n) is 7.62. The van der Waals surface area contributed by atoms with E-state index in [0.29, 0.717) is 55.0 Å². The highest BCUT2D eigenvalue weighted by molar-refractivity contribution is 6.21. The molecule has 0 saturated carbocycles. The molecule has 238 valence electrons. The van der Waals surface area contributed by atoms with Gasteiger partial charge in [0.25, 0.3) is 0 Å².